The molecule has 1 atom stereocenters. The summed E-state index contributed by atoms with van der Waals surface area (Å²) in [6.07, 6.45) is 0.709. The second-order valence-electron chi connectivity index (χ2n) is 4.70. The molecule has 3 heteroatoms. The summed E-state index contributed by atoms with van der Waals surface area (Å²) in [6.45, 7) is 0.943. The van der Waals surface area contributed by atoms with Gasteiger partial charge in [-0.25, -0.2) is 0 Å². The van der Waals surface area contributed by atoms with Gasteiger partial charge in [-0.15, -0.1) is 0 Å². The van der Waals surface area contributed by atoms with Gasteiger partial charge in [0.1, 0.15) is 5.75 Å². The highest BCUT2D eigenvalue weighted by atomic mass is 16.5. The van der Waals surface area contributed by atoms with Crippen molar-refractivity contribution >= 4 is 0 Å². The zero-order valence-electron chi connectivity index (χ0n) is 11.8. The van der Waals surface area contributed by atoms with Crippen LogP contribution in [0.3, 0.4) is 0 Å². The maximum atomic E-state index is 9.21. The molecule has 106 valence electrons. The molecule has 2 aromatic carbocycles. The lowest BCUT2D eigenvalue weighted by molar-refractivity contribution is 0.265. The van der Waals surface area contributed by atoms with Crippen molar-refractivity contribution in [3.63, 3.8) is 0 Å². The van der Waals surface area contributed by atoms with Crippen LogP contribution in [0.5, 0.6) is 5.75 Å². The standard InChI is InChI=1S/C17H21NO2/c1-20-16-9-7-14(8-10-16)13-18-17(11-12-19)15-5-3-2-4-6-15/h2-10,17-19H,11-13H2,1H3/t17-/m1/s1. The molecule has 0 radical (unpaired) electrons. The van der Waals surface area contributed by atoms with Crippen LogP contribution in [0, 0.1) is 0 Å². The maximum Gasteiger partial charge on any atom is 0.118 e. The normalized spacial score (nSPS) is 12.1. The summed E-state index contributed by atoms with van der Waals surface area (Å²) in [7, 11) is 1.67. The van der Waals surface area contributed by atoms with Crippen LogP contribution >= 0.6 is 0 Å². The number of rotatable bonds is 7. The zero-order valence-corrected chi connectivity index (χ0v) is 11.8. The van der Waals surface area contributed by atoms with Crippen molar-refractivity contribution in [2.75, 3.05) is 13.7 Å². The number of methoxy groups -OCH3 is 1. The number of ether oxygens (including phenoxy) is 1. The number of benzene rings is 2. The van der Waals surface area contributed by atoms with Gasteiger partial charge in [-0.2, -0.15) is 0 Å². The molecule has 0 heterocycles. The monoisotopic (exact) mass is 271 g/mol. The SMILES string of the molecule is COc1ccc(CN[C@H](CCO)c2ccccc2)cc1. The largest absolute Gasteiger partial charge is 0.497 e. The van der Waals surface area contributed by atoms with Crippen LogP contribution in [0.25, 0.3) is 0 Å². The molecule has 3 nitrogen and oxygen atoms in total. The average molecular weight is 271 g/mol. The highest BCUT2D eigenvalue weighted by Crippen LogP contribution is 2.17. The summed E-state index contributed by atoms with van der Waals surface area (Å²) in [5, 5.41) is 12.7. The van der Waals surface area contributed by atoms with Crippen molar-refractivity contribution in [3.8, 4) is 5.75 Å². The summed E-state index contributed by atoms with van der Waals surface area (Å²) in [5.74, 6) is 0.865. The number of hydrogen-bond acceptors (Lipinski definition) is 3. The molecular weight excluding hydrogens is 250 g/mol. The fourth-order valence-corrected chi connectivity index (χ4v) is 2.19. The first-order valence-electron chi connectivity index (χ1n) is 6.85. The summed E-state index contributed by atoms with van der Waals surface area (Å²) in [5.41, 5.74) is 2.40. The molecule has 0 aliphatic carbocycles. The average Bonchev–Trinajstić information content (AvgIpc) is 2.53. The molecule has 0 aliphatic rings. The van der Waals surface area contributed by atoms with Crippen molar-refractivity contribution < 1.29 is 9.84 Å². The van der Waals surface area contributed by atoms with E-state index in [1.165, 1.54) is 11.1 Å². The van der Waals surface area contributed by atoms with Crippen LogP contribution < -0.4 is 10.1 Å². The Bertz CT molecular complexity index is 496. The summed E-state index contributed by atoms with van der Waals surface area (Å²) in [6, 6.07) is 18.4. The smallest absolute Gasteiger partial charge is 0.118 e. The number of aliphatic hydroxyl groups is 1. The molecule has 0 unspecified atom stereocenters. The fourth-order valence-electron chi connectivity index (χ4n) is 2.19. The molecular formula is C17H21NO2. The Kier molecular flexibility index (Phi) is 5.59. The van der Waals surface area contributed by atoms with E-state index in [1.54, 1.807) is 7.11 Å². The van der Waals surface area contributed by atoms with E-state index in [0.29, 0.717) is 6.42 Å². The van der Waals surface area contributed by atoms with E-state index in [0.717, 1.165) is 12.3 Å². The van der Waals surface area contributed by atoms with Gasteiger partial charge >= 0.3 is 0 Å². The molecule has 0 saturated heterocycles. The van der Waals surface area contributed by atoms with Gasteiger partial charge in [-0.1, -0.05) is 42.5 Å². The maximum absolute atomic E-state index is 9.21. The van der Waals surface area contributed by atoms with E-state index in [-0.39, 0.29) is 12.6 Å². The molecule has 0 fully saturated rings. The van der Waals surface area contributed by atoms with Gasteiger partial charge in [0.25, 0.3) is 0 Å². The van der Waals surface area contributed by atoms with E-state index in [9.17, 15) is 5.11 Å². The Morgan fingerprint density at radius 1 is 1.05 bits per heavy atom. The molecule has 0 aromatic heterocycles. The second kappa shape index (κ2) is 7.68. The Balaban J connectivity index is 1.98. The van der Waals surface area contributed by atoms with Gasteiger partial charge in [0, 0.05) is 19.2 Å². The molecule has 20 heavy (non-hydrogen) atoms. The van der Waals surface area contributed by atoms with Gasteiger partial charge in [0.05, 0.1) is 7.11 Å². The predicted molar refractivity (Wildman–Crippen MR) is 80.7 cm³/mol. The molecule has 0 spiro atoms. The van der Waals surface area contributed by atoms with Crippen LogP contribution in [0.2, 0.25) is 0 Å². The van der Waals surface area contributed by atoms with Crippen molar-refractivity contribution in [1.29, 1.82) is 0 Å². The minimum absolute atomic E-state index is 0.170. The minimum Gasteiger partial charge on any atom is -0.497 e. The van der Waals surface area contributed by atoms with E-state index in [1.807, 2.05) is 42.5 Å². The molecule has 2 rings (SSSR count). The predicted octanol–water partition coefficient (Wildman–Crippen LogP) is 2.91. The Morgan fingerprint density at radius 2 is 1.75 bits per heavy atom. The minimum atomic E-state index is 0.170. The third kappa shape index (κ3) is 4.08. The van der Waals surface area contributed by atoms with Crippen LogP contribution in [-0.2, 0) is 6.54 Å². The molecule has 0 amide bonds. The lowest BCUT2D eigenvalue weighted by Crippen LogP contribution is -2.21. The number of hydrogen-bond donors (Lipinski definition) is 2. The third-order valence-electron chi connectivity index (χ3n) is 3.33. The summed E-state index contributed by atoms with van der Waals surface area (Å²) in [4.78, 5) is 0. The van der Waals surface area contributed by atoms with Gasteiger partial charge in [0.15, 0.2) is 0 Å². The number of nitrogens with one attached hydrogen (secondary N) is 1. The summed E-state index contributed by atoms with van der Waals surface area (Å²) >= 11 is 0. The lowest BCUT2D eigenvalue weighted by Gasteiger charge is -2.18. The number of aliphatic hydroxyl groups excluding tert-OH is 1. The van der Waals surface area contributed by atoms with Crippen LogP contribution in [-0.4, -0.2) is 18.8 Å². The van der Waals surface area contributed by atoms with Gasteiger partial charge in [0.2, 0.25) is 0 Å². The van der Waals surface area contributed by atoms with Crippen molar-refractivity contribution in [2.45, 2.75) is 19.0 Å². The van der Waals surface area contributed by atoms with E-state index in [4.69, 9.17) is 4.74 Å². The van der Waals surface area contributed by atoms with E-state index in [2.05, 4.69) is 17.4 Å². The van der Waals surface area contributed by atoms with E-state index < -0.39 is 0 Å². The second-order valence-corrected chi connectivity index (χ2v) is 4.70. The molecule has 0 aliphatic heterocycles. The topological polar surface area (TPSA) is 41.5 Å². The fraction of sp³-hybridized carbons (Fsp3) is 0.294. The van der Waals surface area contributed by atoms with Crippen molar-refractivity contribution in [3.05, 3.63) is 65.7 Å². The first kappa shape index (κ1) is 14.6. The van der Waals surface area contributed by atoms with Gasteiger partial charge < -0.3 is 15.2 Å². The third-order valence-corrected chi connectivity index (χ3v) is 3.33. The molecule has 2 N–H and O–H groups in total. The summed E-state index contributed by atoms with van der Waals surface area (Å²) < 4.78 is 5.15. The van der Waals surface area contributed by atoms with Crippen LogP contribution in [0.15, 0.2) is 54.6 Å². The quantitative estimate of drug-likeness (QED) is 0.813. The zero-order chi connectivity index (χ0) is 14.2. The van der Waals surface area contributed by atoms with Crippen molar-refractivity contribution in [2.24, 2.45) is 0 Å². The highest BCUT2D eigenvalue weighted by molar-refractivity contribution is 5.27. The molecule has 0 saturated carbocycles. The van der Waals surface area contributed by atoms with Crippen LogP contribution in [0.4, 0.5) is 0 Å². The Morgan fingerprint density at radius 3 is 2.35 bits per heavy atom. The first-order valence-corrected chi connectivity index (χ1v) is 6.85. The Hall–Kier alpha value is -1.84. The van der Waals surface area contributed by atoms with Crippen LogP contribution in [0.1, 0.15) is 23.6 Å². The van der Waals surface area contributed by atoms with Crippen molar-refractivity contribution in [1.82, 2.24) is 5.32 Å². The van der Waals surface area contributed by atoms with Gasteiger partial charge in [-0.05, 0) is 29.7 Å². The van der Waals surface area contributed by atoms with Gasteiger partial charge in [-0.3, -0.25) is 0 Å². The highest BCUT2D eigenvalue weighted by Gasteiger charge is 2.09. The lowest BCUT2D eigenvalue weighted by atomic mass is 10.0. The molecule has 0 bridgehead atoms. The molecule has 2 aromatic rings. The Labute approximate surface area is 120 Å². The first-order chi connectivity index (χ1) is 9.83. The van der Waals surface area contributed by atoms with E-state index >= 15 is 0 Å².